The Morgan fingerprint density at radius 3 is 2.91 bits per heavy atom. The van der Waals surface area contributed by atoms with Gasteiger partial charge in [0.2, 0.25) is 11.8 Å². The van der Waals surface area contributed by atoms with Crippen molar-refractivity contribution in [2.45, 2.75) is 45.1 Å². The van der Waals surface area contributed by atoms with Gasteiger partial charge in [-0.3, -0.25) is 9.59 Å². The Morgan fingerprint density at radius 2 is 2.22 bits per heavy atom. The zero-order valence-corrected chi connectivity index (χ0v) is 13.5. The second-order valence-corrected chi connectivity index (χ2v) is 7.20. The molecule has 124 valence electrons. The van der Waals surface area contributed by atoms with Crippen LogP contribution >= 0.6 is 0 Å². The van der Waals surface area contributed by atoms with E-state index in [1.807, 2.05) is 22.8 Å². The van der Waals surface area contributed by atoms with Crippen LogP contribution in [0, 0.1) is 18.8 Å². The number of likely N-dealkylation sites (tertiary alicyclic amines) is 2. The third kappa shape index (κ3) is 2.86. The quantitative estimate of drug-likeness (QED) is 0.851. The summed E-state index contributed by atoms with van der Waals surface area (Å²) in [6.45, 7) is 4.05. The highest BCUT2D eigenvalue weighted by Crippen LogP contribution is 2.36. The van der Waals surface area contributed by atoms with E-state index in [0.29, 0.717) is 18.9 Å². The summed E-state index contributed by atoms with van der Waals surface area (Å²) in [7, 11) is 0. The number of nitrogens with zero attached hydrogens (tertiary/aromatic N) is 3. The van der Waals surface area contributed by atoms with E-state index in [1.165, 1.54) is 12.8 Å². The largest absolute Gasteiger partial charge is 0.361 e. The van der Waals surface area contributed by atoms with Gasteiger partial charge in [-0.15, -0.1) is 0 Å². The maximum atomic E-state index is 12.9. The highest BCUT2D eigenvalue weighted by molar-refractivity contribution is 5.89. The molecular formula is C17H23N3O3. The molecule has 1 aromatic heterocycles. The first-order valence-electron chi connectivity index (χ1n) is 8.63. The summed E-state index contributed by atoms with van der Waals surface area (Å²) in [5.74, 6) is 1.51. The van der Waals surface area contributed by atoms with Crippen molar-refractivity contribution in [3.63, 3.8) is 0 Å². The van der Waals surface area contributed by atoms with E-state index in [-0.39, 0.29) is 23.8 Å². The normalized spacial score (nSPS) is 28.0. The van der Waals surface area contributed by atoms with Gasteiger partial charge in [-0.25, -0.2) is 0 Å². The van der Waals surface area contributed by atoms with Gasteiger partial charge in [0.25, 0.3) is 0 Å². The van der Waals surface area contributed by atoms with E-state index in [0.717, 1.165) is 37.4 Å². The lowest BCUT2D eigenvalue weighted by molar-refractivity contribution is -0.136. The molecule has 0 radical (unpaired) electrons. The van der Waals surface area contributed by atoms with Crippen LogP contribution < -0.4 is 0 Å². The Labute approximate surface area is 135 Å². The lowest BCUT2D eigenvalue weighted by Crippen LogP contribution is -2.37. The molecule has 0 bridgehead atoms. The predicted molar refractivity (Wildman–Crippen MR) is 82.3 cm³/mol. The first kappa shape index (κ1) is 14.7. The molecule has 2 saturated heterocycles. The van der Waals surface area contributed by atoms with Gasteiger partial charge < -0.3 is 14.3 Å². The molecule has 2 amide bonds. The van der Waals surface area contributed by atoms with E-state index >= 15 is 0 Å². The average molecular weight is 317 g/mol. The summed E-state index contributed by atoms with van der Waals surface area (Å²) in [4.78, 5) is 28.9. The summed E-state index contributed by atoms with van der Waals surface area (Å²) >= 11 is 0. The second-order valence-electron chi connectivity index (χ2n) is 7.20. The van der Waals surface area contributed by atoms with Crippen LogP contribution in [0.5, 0.6) is 0 Å². The highest BCUT2D eigenvalue weighted by atomic mass is 16.5. The summed E-state index contributed by atoms with van der Waals surface area (Å²) in [6, 6.07) is 1.92. The Morgan fingerprint density at radius 1 is 1.39 bits per heavy atom. The molecule has 2 aliphatic heterocycles. The van der Waals surface area contributed by atoms with Crippen LogP contribution in [0.1, 0.15) is 49.6 Å². The molecule has 1 aliphatic carbocycles. The zero-order chi connectivity index (χ0) is 16.0. The van der Waals surface area contributed by atoms with Crippen molar-refractivity contribution in [3.8, 4) is 0 Å². The van der Waals surface area contributed by atoms with Gasteiger partial charge >= 0.3 is 0 Å². The predicted octanol–water partition coefficient (Wildman–Crippen LogP) is 1.91. The zero-order valence-electron chi connectivity index (χ0n) is 13.5. The topological polar surface area (TPSA) is 66.7 Å². The van der Waals surface area contributed by atoms with Gasteiger partial charge in [0.1, 0.15) is 11.5 Å². The Hall–Kier alpha value is -1.85. The summed E-state index contributed by atoms with van der Waals surface area (Å²) in [5.41, 5.74) is 0.840. The molecule has 6 nitrogen and oxygen atoms in total. The molecule has 0 N–H and O–H groups in total. The van der Waals surface area contributed by atoms with Crippen molar-refractivity contribution >= 4 is 11.8 Å². The maximum Gasteiger partial charge on any atom is 0.228 e. The van der Waals surface area contributed by atoms with Crippen molar-refractivity contribution in [2.75, 3.05) is 19.6 Å². The molecule has 6 heteroatoms. The minimum Gasteiger partial charge on any atom is -0.361 e. The molecule has 0 unspecified atom stereocenters. The average Bonchev–Trinajstić information content (AvgIpc) is 2.91. The van der Waals surface area contributed by atoms with Crippen LogP contribution in [-0.2, 0) is 9.59 Å². The lowest BCUT2D eigenvalue weighted by atomic mass is 10.1. The number of hydrogen-bond donors (Lipinski definition) is 0. The molecule has 1 saturated carbocycles. The summed E-state index contributed by atoms with van der Waals surface area (Å²) in [5, 5.41) is 4.09. The van der Waals surface area contributed by atoms with E-state index in [9.17, 15) is 9.59 Å². The standard InChI is InChI=1S/C17H23N3O3/c1-11-7-14(18-23-11)15-3-2-6-20(15)17(22)13-8-16(21)19(10-13)9-12-4-5-12/h7,12-13,15H,2-6,8-10H2,1H3/t13-,15-/m1/s1. The van der Waals surface area contributed by atoms with Gasteiger partial charge in [0.05, 0.1) is 12.0 Å². The molecule has 3 fully saturated rings. The highest BCUT2D eigenvalue weighted by Gasteiger charge is 2.41. The van der Waals surface area contributed by atoms with Crippen molar-refractivity contribution in [1.29, 1.82) is 0 Å². The Balaban J connectivity index is 1.44. The van der Waals surface area contributed by atoms with Crippen LogP contribution in [0.2, 0.25) is 0 Å². The Bertz CT molecular complexity index is 622. The molecule has 23 heavy (non-hydrogen) atoms. The van der Waals surface area contributed by atoms with Gasteiger partial charge in [-0.1, -0.05) is 5.16 Å². The van der Waals surface area contributed by atoms with Crippen LogP contribution in [0.3, 0.4) is 0 Å². The Kier molecular flexibility index (Phi) is 3.62. The molecule has 4 rings (SSSR count). The second kappa shape index (κ2) is 5.65. The van der Waals surface area contributed by atoms with E-state index < -0.39 is 0 Å². The fraction of sp³-hybridized carbons (Fsp3) is 0.706. The third-order valence-corrected chi connectivity index (χ3v) is 5.26. The fourth-order valence-electron chi connectivity index (χ4n) is 3.84. The van der Waals surface area contributed by atoms with Gasteiger partial charge in [0.15, 0.2) is 0 Å². The van der Waals surface area contributed by atoms with Crippen molar-refractivity contribution in [1.82, 2.24) is 15.0 Å². The first-order valence-corrected chi connectivity index (χ1v) is 8.63. The van der Waals surface area contributed by atoms with E-state index in [1.54, 1.807) is 0 Å². The van der Waals surface area contributed by atoms with E-state index in [2.05, 4.69) is 5.16 Å². The van der Waals surface area contributed by atoms with Crippen molar-refractivity contribution in [2.24, 2.45) is 11.8 Å². The van der Waals surface area contributed by atoms with Gasteiger partial charge in [0, 0.05) is 32.1 Å². The fourth-order valence-corrected chi connectivity index (χ4v) is 3.84. The molecule has 2 atom stereocenters. The molecule has 1 aromatic rings. The molecule has 3 heterocycles. The minimum absolute atomic E-state index is 0.00698. The molecule has 3 aliphatic rings. The van der Waals surface area contributed by atoms with Gasteiger partial charge in [-0.2, -0.15) is 0 Å². The number of hydrogen-bond acceptors (Lipinski definition) is 4. The summed E-state index contributed by atoms with van der Waals surface area (Å²) < 4.78 is 5.16. The van der Waals surface area contributed by atoms with Crippen LogP contribution in [0.25, 0.3) is 0 Å². The SMILES string of the molecule is Cc1cc([C@H]2CCCN2C(=O)[C@@H]2CC(=O)N(CC3CC3)C2)no1. The third-order valence-electron chi connectivity index (χ3n) is 5.26. The summed E-state index contributed by atoms with van der Waals surface area (Å²) in [6.07, 6.45) is 4.72. The van der Waals surface area contributed by atoms with Crippen LogP contribution in [-0.4, -0.2) is 46.4 Å². The van der Waals surface area contributed by atoms with Crippen molar-refractivity contribution < 1.29 is 14.1 Å². The molecule has 0 spiro atoms. The smallest absolute Gasteiger partial charge is 0.228 e. The lowest BCUT2D eigenvalue weighted by Gasteiger charge is -2.26. The van der Waals surface area contributed by atoms with Gasteiger partial charge in [-0.05, 0) is 38.5 Å². The number of carbonyl (C=O) groups excluding carboxylic acids is 2. The number of aryl methyl sites for hydroxylation is 1. The molecular weight excluding hydrogens is 294 g/mol. The first-order chi connectivity index (χ1) is 11.1. The maximum absolute atomic E-state index is 12.9. The molecule has 0 aromatic carbocycles. The number of rotatable bonds is 4. The monoisotopic (exact) mass is 317 g/mol. The number of carbonyl (C=O) groups is 2. The van der Waals surface area contributed by atoms with E-state index in [4.69, 9.17) is 4.52 Å². The number of aromatic nitrogens is 1. The minimum atomic E-state index is -0.185. The van der Waals surface area contributed by atoms with Crippen LogP contribution in [0.4, 0.5) is 0 Å². The van der Waals surface area contributed by atoms with Crippen LogP contribution in [0.15, 0.2) is 10.6 Å². The number of amides is 2. The van der Waals surface area contributed by atoms with Crippen molar-refractivity contribution in [3.05, 3.63) is 17.5 Å².